The van der Waals surface area contributed by atoms with E-state index in [0.717, 1.165) is 19.7 Å². The molecule has 0 radical (unpaired) electrons. The Morgan fingerprint density at radius 2 is 1.83 bits per heavy atom. The minimum atomic E-state index is 0.645. The lowest BCUT2D eigenvalue weighted by Gasteiger charge is -2.19. The van der Waals surface area contributed by atoms with Crippen molar-refractivity contribution in [3.63, 3.8) is 0 Å². The monoisotopic (exact) mass is 260 g/mol. The Bertz CT molecular complexity index is 193. The van der Waals surface area contributed by atoms with Gasteiger partial charge in [-0.15, -0.1) is 0 Å². The van der Waals surface area contributed by atoms with Crippen LogP contribution in [0.4, 0.5) is 0 Å². The van der Waals surface area contributed by atoms with Gasteiger partial charge >= 0.3 is 0 Å². The third-order valence-electron chi connectivity index (χ3n) is 3.28. The predicted molar refractivity (Wildman–Crippen MR) is 72.0 cm³/mol. The van der Waals surface area contributed by atoms with E-state index in [9.17, 15) is 0 Å². The van der Waals surface area contributed by atoms with Crippen LogP contribution >= 0.6 is 0 Å². The number of rotatable bonds is 11. The maximum Gasteiger partial charge on any atom is 0.0701 e. The van der Waals surface area contributed by atoms with Gasteiger partial charge in [0, 0.05) is 26.2 Å². The normalized spacial score (nSPS) is 20.7. The fraction of sp³-hybridized carbons (Fsp3) is 1.00. The summed E-state index contributed by atoms with van der Waals surface area (Å²) in [6.45, 7) is 6.59. The second-order valence-corrected chi connectivity index (χ2v) is 4.70. The topological polar surface area (TPSA) is 43.0 Å². The molecule has 0 aromatic heterocycles. The van der Waals surface area contributed by atoms with E-state index in [1.54, 1.807) is 7.11 Å². The van der Waals surface area contributed by atoms with Gasteiger partial charge in [0.2, 0.25) is 0 Å². The number of ether oxygens (including phenoxy) is 3. The molecule has 1 saturated heterocycles. The Morgan fingerprint density at radius 3 is 2.50 bits per heavy atom. The minimum Gasteiger partial charge on any atom is -0.382 e. The van der Waals surface area contributed by atoms with Crippen molar-refractivity contribution in [2.75, 3.05) is 66.8 Å². The molecule has 1 aliphatic heterocycles. The first kappa shape index (κ1) is 15.9. The maximum atomic E-state index is 5.46. The third-order valence-corrected chi connectivity index (χ3v) is 3.28. The standard InChI is InChI=1S/C13H28N2O3/c1-15-6-3-4-13(15)12-14-5-7-17-10-11-18-9-8-16-2/h13-14H,3-12H2,1-2H3. The molecule has 0 aromatic rings. The second-order valence-electron chi connectivity index (χ2n) is 4.70. The van der Waals surface area contributed by atoms with E-state index in [4.69, 9.17) is 14.2 Å². The molecule has 0 amide bonds. The molecule has 0 saturated carbocycles. The Labute approximate surface area is 111 Å². The van der Waals surface area contributed by atoms with Crippen molar-refractivity contribution >= 4 is 0 Å². The van der Waals surface area contributed by atoms with Crippen LogP contribution in [0, 0.1) is 0 Å². The summed E-state index contributed by atoms with van der Waals surface area (Å²) >= 11 is 0. The van der Waals surface area contributed by atoms with Crippen molar-refractivity contribution in [2.24, 2.45) is 0 Å². The van der Waals surface area contributed by atoms with Gasteiger partial charge in [-0.2, -0.15) is 0 Å². The maximum absolute atomic E-state index is 5.46. The van der Waals surface area contributed by atoms with Crippen molar-refractivity contribution in [1.82, 2.24) is 10.2 Å². The molecule has 1 heterocycles. The van der Waals surface area contributed by atoms with Gasteiger partial charge in [0.25, 0.3) is 0 Å². The van der Waals surface area contributed by atoms with E-state index >= 15 is 0 Å². The van der Waals surface area contributed by atoms with Crippen LogP contribution in [0.1, 0.15) is 12.8 Å². The molecule has 0 spiro atoms. The van der Waals surface area contributed by atoms with Crippen molar-refractivity contribution < 1.29 is 14.2 Å². The van der Waals surface area contributed by atoms with Crippen LogP contribution in [0.2, 0.25) is 0 Å². The molecule has 18 heavy (non-hydrogen) atoms. The van der Waals surface area contributed by atoms with Crippen LogP contribution in [0.5, 0.6) is 0 Å². The van der Waals surface area contributed by atoms with Crippen LogP contribution in [0.25, 0.3) is 0 Å². The highest BCUT2D eigenvalue weighted by Gasteiger charge is 2.19. The first-order valence-corrected chi connectivity index (χ1v) is 6.90. The molecule has 108 valence electrons. The number of likely N-dealkylation sites (tertiary alicyclic amines) is 1. The third kappa shape index (κ3) is 7.28. The number of methoxy groups -OCH3 is 1. The summed E-state index contributed by atoms with van der Waals surface area (Å²) < 4.78 is 15.6. The molecular weight excluding hydrogens is 232 g/mol. The lowest BCUT2D eigenvalue weighted by molar-refractivity contribution is 0.0254. The van der Waals surface area contributed by atoms with Gasteiger partial charge in [0.05, 0.1) is 33.0 Å². The van der Waals surface area contributed by atoms with E-state index in [0.29, 0.717) is 32.5 Å². The Morgan fingerprint density at radius 1 is 1.11 bits per heavy atom. The first-order chi connectivity index (χ1) is 8.84. The molecule has 1 fully saturated rings. The largest absolute Gasteiger partial charge is 0.382 e. The fourth-order valence-electron chi connectivity index (χ4n) is 2.11. The van der Waals surface area contributed by atoms with E-state index < -0.39 is 0 Å². The number of likely N-dealkylation sites (N-methyl/N-ethyl adjacent to an activating group) is 1. The van der Waals surface area contributed by atoms with E-state index in [1.807, 2.05) is 0 Å². The van der Waals surface area contributed by atoms with Gasteiger partial charge in [-0.1, -0.05) is 0 Å². The molecule has 5 heteroatoms. The summed E-state index contributed by atoms with van der Waals surface area (Å²) in [6.07, 6.45) is 2.65. The summed E-state index contributed by atoms with van der Waals surface area (Å²) in [4.78, 5) is 2.43. The van der Waals surface area contributed by atoms with E-state index in [1.165, 1.54) is 19.4 Å². The van der Waals surface area contributed by atoms with E-state index in [2.05, 4.69) is 17.3 Å². The zero-order valence-electron chi connectivity index (χ0n) is 11.8. The first-order valence-electron chi connectivity index (χ1n) is 6.90. The van der Waals surface area contributed by atoms with Gasteiger partial charge in [-0.3, -0.25) is 0 Å². The Hall–Kier alpha value is -0.200. The highest BCUT2D eigenvalue weighted by atomic mass is 16.5. The van der Waals surface area contributed by atoms with Crippen molar-refractivity contribution in [3.05, 3.63) is 0 Å². The summed E-state index contributed by atoms with van der Waals surface area (Å²) in [7, 11) is 3.88. The Kier molecular flexibility index (Phi) is 9.42. The van der Waals surface area contributed by atoms with Crippen LogP contribution in [0.3, 0.4) is 0 Å². The summed E-state index contributed by atoms with van der Waals surface area (Å²) in [5, 5.41) is 3.44. The highest BCUT2D eigenvalue weighted by Crippen LogP contribution is 2.13. The number of hydrogen-bond donors (Lipinski definition) is 1. The molecule has 1 atom stereocenters. The van der Waals surface area contributed by atoms with E-state index in [-0.39, 0.29) is 0 Å². The quantitative estimate of drug-likeness (QED) is 0.543. The van der Waals surface area contributed by atoms with Gasteiger partial charge in [-0.05, 0) is 26.4 Å². The van der Waals surface area contributed by atoms with Gasteiger partial charge < -0.3 is 24.4 Å². The smallest absolute Gasteiger partial charge is 0.0701 e. The summed E-state index contributed by atoms with van der Waals surface area (Å²) in [6, 6.07) is 0.711. The summed E-state index contributed by atoms with van der Waals surface area (Å²) in [5.74, 6) is 0. The average Bonchev–Trinajstić information content (AvgIpc) is 2.77. The Balaban J connectivity index is 1.76. The van der Waals surface area contributed by atoms with Crippen LogP contribution in [-0.2, 0) is 14.2 Å². The molecule has 1 N–H and O–H groups in total. The zero-order valence-corrected chi connectivity index (χ0v) is 11.8. The van der Waals surface area contributed by atoms with Crippen LogP contribution < -0.4 is 5.32 Å². The minimum absolute atomic E-state index is 0.645. The highest BCUT2D eigenvalue weighted by molar-refractivity contribution is 4.77. The predicted octanol–water partition coefficient (Wildman–Crippen LogP) is 0.350. The lowest BCUT2D eigenvalue weighted by atomic mass is 10.2. The van der Waals surface area contributed by atoms with Crippen LogP contribution in [-0.4, -0.2) is 77.8 Å². The lowest BCUT2D eigenvalue weighted by Crippen LogP contribution is -2.36. The number of nitrogens with zero attached hydrogens (tertiary/aromatic N) is 1. The molecule has 1 rings (SSSR count). The molecule has 1 aliphatic rings. The molecule has 5 nitrogen and oxygen atoms in total. The molecule has 0 aromatic carbocycles. The van der Waals surface area contributed by atoms with Gasteiger partial charge in [0.1, 0.15) is 0 Å². The van der Waals surface area contributed by atoms with Crippen molar-refractivity contribution in [1.29, 1.82) is 0 Å². The molecular formula is C13H28N2O3. The second kappa shape index (κ2) is 10.7. The average molecular weight is 260 g/mol. The summed E-state index contributed by atoms with van der Waals surface area (Å²) in [5.41, 5.74) is 0. The molecule has 1 unspecified atom stereocenters. The SMILES string of the molecule is COCCOCCOCCNCC1CCCN1C. The molecule has 0 aliphatic carbocycles. The van der Waals surface area contributed by atoms with Crippen molar-refractivity contribution in [2.45, 2.75) is 18.9 Å². The van der Waals surface area contributed by atoms with Crippen molar-refractivity contribution in [3.8, 4) is 0 Å². The number of nitrogens with one attached hydrogen (secondary N) is 1. The fourth-order valence-corrected chi connectivity index (χ4v) is 2.11. The van der Waals surface area contributed by atoms with Gasteiger partial charge in [-0.25, -0.2) is 0 Å². The van der Waals surface area contributed by atoms with Gasteiger partial charge in [0.15, 0.2) is 0 Å². The number of hydrogen-bond acceptors (Lipinski definition) is 5. The zero-order chi connectivity index (χ0) is 13.1. The molecule has 0 bridgehead atoms. The van der Waals surface area contributed by atoms with Crippen LogP contribution in [0.15, 0.2) is 0 Å².